The smallest absolute Gasteiger partial charge is 0.271 e. The number of rotatable bonds is 4. The molecule has 2 rings (SSSR count). The van der Waals surface area contributed by atoms with E-state index in [0.29, 0.717) is 12.1 Å². The van der Waals surface area contributed by atoms with Gasteiger partial charge in [0.15, 0.2) is 16.7 Å². The molecule has 0 atom stereocenters. The van der Waals surface area contributed by atoms with Crippen molar-refractivity contribution < 1.29 is 4.79 Å². The third-order valence-corrected chi connectivity index (χ3v) is 3.10. The van der Waals surface area contributed by atoms with Gasteiger partial charge >= 0.3 is 0 Å². The Bertz CT molecular complexity index is 640. The first-order valence-electron chi connectivity index (χ1n) is 6.21. The van der Waals surface area contributed by atoms with Crippen LogP contribution in [0.5, 0.6) is 0 Å². The van der Waals surface area contributed by atoms with Crippen LogP contribution < -0.4 is 11.1 Å². The minimum atomic E-state index is -0.640. The van der Waals surface area contributed by atoms with Gasteiger partial charge in [-0.1, -0.05) is 36.2 Å². The van der Waals surface area contributed by atoms with Crippen molar-refractivity contribution in [2.75, 3.05) is 5.32 Å². The maximum absolute atomic E-state index is 11.5. The molecule has 104 valence electrons. The number of nitrogens with two attached hydrogens (primary N) is 1. The van der Waals surface area contributed by atoms with Crippen molar-refractivity contribution in [3.05, 3.63) is 46.4 Å². The van der Waals surface area contributed by atoms with Crippen molar-refractivity contribution in [2.24, 2.45) is 5.73 Å². The molecule has 2 aromatic rings. The Balaban J connectivity index is 2.42. The fourth-order valence-electron chi connectivity index (χ4n) is 1.71. The third-order valence-electron chi connectivity index (χ3n) is 2.80. The van der Waals surface area contributed by atoms with E-state index in [0.717, 1.165) is 11.3 Å². The van der Waals surface area contributed by atoms with Gasteiger partial charge in [0, 0.05) is 5.69 Å². The summed E-state index contributed by atoms with van der Waals surface area (Å²) in [6.07, 6.45) is 0.580. The van der Waals surface area contributed by atoms with Crippen molar-refractivity contribution >= 4 is 29.0 Å². The van der Waals surface area contributed by atoms with Gasteiger partial charge in [-0.25, -0.2) is 9.97 Å². The summed E-state index contributed by atoms with van der Waals surface area (Å²) in [6, 6.07) is 7.65. The van der Waals surface area contributed by atoms with Crippen LogP contribution in [0.1, 0.15) is 28.7 Å². The van der Waals surface area contributed by atoms with E-state index in [1.54, 1.807) is 0 Å². The lowest BCUT2D eigenvalue weighted by atomic mass is 10.2. The number of hydrogen-bond acceptors (Lipinski definition) is 4. The van der Waals surface area contributed by atoms with Crippen LogP contribution in [0.15, 0.2) is 24.3 Å². The standard InChI is InChI=1S/C14H15ClN4O/c1-3-10-12(15)19-14(11(18-10)13(16)20)17-9-6-4-8(2)5-7-9/h4-7H,3H2,1-2H3,(H2,16,20)(H,17,19). The largest absolute Gasteiger partial charge is 0.364 e. The lowest BCUT2D eigenvalue weighted by Crippen LogP contribution is -2.18. The summed E-state index contributed by atoms with van der Waals surface area (Å²) in [5.41, 5.74) is 7.90. The van der Waals surface area contributed by atoms with Crippen LogP contribution in [0, 0.1) is 6.92 Å². The van der Waals surface area contributed by atoms with Crippen molar-refractivity contribution in [1.29, 1.82) is 0 Å². The molecule has 0 unspecified atom stereocenters. The third kappa shape index (κ3) is 3.05. The number of amides is 1. The van der Waals surface area contributed by atoms with Crippen LogP contribution in [-0.2, 0) is 6.42 Å². The van der Waals surface area contributed by atoms with Crippen LogP contribution in [0.2, 0.25) is 5.15 Å². The number of primary amides is 1. The second-order valence-corrected chi connectivity index (χ2v) is 4.73. The molecule has 6 heteroatoms. The van der Waals surface area contributed by atoms with E-state index in [9.17, 15) is 4.79 Å². The summed E-state index contributed by atoms with van der Waals surface area (Å²) in [7, 11) is 0. The molecule has 0 aliphatic heterocycles. The van der Waals surface area contributed by atoms with E-state index in [2.05, 4.69) is 15.3 Å². The zero-order valence-electron chi connectivity index (χ0n) is 11.3. The molecule has 0 aliphatic carbocycles. The lowest BCUT2D eigenvalue weighted by molar-refractivity contribution is 0.0996. The van der Waals surface area contributed by atoms with Gasteiger partial charge in [-0.2, -0.15) is 0 Å². The second-order valence-electron chi connectivity index (χ2n) is 4.37. The van der Waals surface area contributed by atoms with Crippen molar-refractivity contribution in [2.45, 2.75) is 20.3 Å². The van der Waals surface area contributed by atoms with E-state index >= 15 is 0 Å². The number of anilines is 2. The minimum Gasteiger partial charge on any atom is -0.364 e. The number of aromatic nitrogens is 2. The van der Waals surface area contributed by atoms with Gasteiger partial charge in [0.05, 0.1) is 5.69 Å². The lowest BCUT2D eigenvalue weighted by Gasteiger charge is -2.11. The molecule has 0 aliphatic rings. The van der Waals surface area contributed by atoms with Crippen molar-refractivity contribution in [3.63, 3.8) is 0 Å². The van der Waals surface area contributed by atoms with Crippen LogP contribution in [0.25, 0.3) is 0 Å². The molecule has 0 saturated heterocycles. The number of hydrogen-bond donors (Lipinski definition) is 2. The number of carbonyl (C=O) groups excluding carboxylic acids is 1. The quantitative estimate of drug-likeness (QED) is 0.907. The van der Waals surface area contributed by atoms with Gasteiger partial charge in [-0.05, 0) is 25.5 Å². The first kappa shape index (κ1) is 14.3. The fraction of sp³-hybridized carbons (Fsp3) is 0.214. The SMILES string of the molecule is CCc1nc(C(N)=O)c(Nc2ccc(C)cc2)nc1Cl. The molecular weight excluding hydrogens is 276 g/mol. The number of benzene rings is 1. The monoisotopic (exact) mass is 290 g/mol. The van der Waals surface area contributed by atoms with Gasteiger partial charge < -0.3 is 11.1 Å². The summed E-state index contributed by atoms with van der Waals surface area (Å²) < 4.78 is 0. The average molecular weight is 291 g/mol. The number of carbonyl (C=O) groups is 1. The molecule has 1 heterocycles. The topological polar surface area (TPSA) is 80.9 Å². The highest BCUT2D eigenvalue weighted by Gasteiger charge is 2.16. The molecule has 3 N–H and O–H groups in total. The van der Waals surface area contributed by atoms with Gasteiger partial charge in [-0.3, -0.25) is 4.79 Å². The molecule has 20 heavy (non-hydrogen) atoms. The summed E-state index contributed by atoms with van der Waals surface area (Å²) in [4.78, 5) is 19.8. The van der Waals surface area contributed by atoms with Gasteiger partial charge in [0.2, 0.25) is 0 Å². The first-order chi connectivity index (χ1) is 9.51. The van der Waals surface area contributed by atoms with E-state index < -0.39 is 5.91 Å². The number of aryl methyl sites for hydroxylation is 2. The minimum absolute atomic E-state index is 0.0897. The second kappa shape index (κ2) is 5.88. The predicted octanol–water partition coefficient (Wildman–Crippen LogP) is 2.84. The van der Waals surface area contributed by atoms with E-state index in [1.165, 1.54) is 0 Å². The van der Waals surface area contributed by atoms with E-state index in [4.69, 9.17) is 17.3 Å². The molecule has 1 aromatic heterocycles. The number of nitrogens with one attached hydrogen (secondary N) is 1. The summed E-state index contributed by atoms with van der Waals surface area (Å²) in [5, 5.41) is 3.28. The van der Waals surface area contributed by atoms with Crippen LogP contribution in [0.3, 0.4) is 0 Å². The molecule has 5 nitrogen and oxygen atoms in total. The first-order valence-corrected chi connectivity index (χ1v) is 6.59. The molecular formula is C14H15ClN4O. The Kier molecular flexibility index (Phi) is 4.20. The number of halogens is 1. The zero-order valence-corrected chi connectivity index (χ0v) is 12.0. The summed E-state index contributed by atoms with van der Waals surface area (Å²) in [5.74, 6) is -0.373. The maximum Gasteiger partial charge on any atom is 0.271 e. The Morgan fingerprint density at radius 2 is 1.95 bits per heavy atom. The Labute approximate surface area is 122 Å². The molecule has 0 spiro atoms. The average Bonchev–Trinajstić information content (AvgIpc) is 2.41. The van der Waals surface area contributed by atoms with Gasteiger partial charge in [0.25, 0.3) is 5.91 Å². The predicted molar refractivity (Wildman–Crippen MR) is 79.4 cm³/mol. The highest BCUT2D eigenvalue weighted by atomic mass is 35.5. The van der Waals surface area contributed by atoms with Crippen molar-refractivity contribution in [1.82, 2.24) is 9.97 Å². The molecule has 0 fully saturated rings. The van der Waals surface area contributed by atoms with Crippen LogP contribution in [-0.4, -0.2) is 15.9 Å². The zero-order chi connectivity index (χ0) is 14.7. The van der Waals surface area contributed by atoms with Crippen LogP contribution >= 0.6 is 11.6 Å². The molecule has 0 bridgehead atoms. The molecule has 1 aromatic carbocycles. The number of nitrogens with zero attached hydrogens (tertiary/aromatic N) is 2. The molecule has 0 saturated carbocycles. The van der Waals surface area contributed by atoms with E-state index in [-0.39, 0.29) is 16.7 Å². The maximum atomic E-state index is 11.5. The van der Waals surface area contributed by atoms with Crippen molar-refractivity contribution in [3.8, 4) is 0 Å². The Morgan fingerprint density at radius 3 is 2.50 bits per heavy atom. The van der Waals surface area contributed by atoms with Gasteiger partial charge in [-0.15, -0.1) is 0 Å². The van der Waals surface area contributed by atoms with Gasteiger partial charge in [0.1, 0.15) is 0 Å². The Morgan fingerprint density at radius 1 is 1.30 bits per heavy atom. The highest BCUT2D eigenvalue weighted by Crippen LogP contribution is 2.22. The normalized spacial score (nSPS) is 10.3. The Hall–Kier alpha value is -2.14. The van der Waals surface area contributed by atoms with E-state index in [1.807, 2.05) is 38.1 Å². The summed E-state index contributed by atoms with van der Waals surface area (Å²) >= 11 is 6.03. The fourth-order valence-corrected chi connectivity index (χ4v) is 1.97. The van der Waals surface area contributed by atoms with Crippen LogP contribution in [0.4, 0.5) is 11.5 Å². The highest BCUT2D eigenvalue weighted by molar-refractivity contribution is 6.30. The molecule has 1 amide bonds. The summed E-state index contributed by atoms with van der Waals surface area (Å²) in [6.45, 7) is 3.87. The molecule has 0 radical (unpaired) electrons.